The van der Waals surface area contributed by atoms with Gasteiger partial charge in [0.15, 0.2) is 0 Å². The van der Waals surface area contributed by atoms with Crippen LogP contribution in [0.2, 0.25) is 0 Å². The average molecular weight is 417 g/mol. The van der Waals surface area contributed by atoms with Crippen molar-refractivity contribution in [2.75, 3.05) is 6.54 Å². The number of carboxylic acids is 1. The number of hydrogen-bond acceptors (Lipinski definition) is 5. The van der Waals surface area contributed by atoms with Gasteiger partial charge in [-0.05, 0) is 29.2 Å². The van der Waals surface area contributed by atoms with Gasteiger partial charge in [0.1, 0.15) is 12.1 Å². The van der Waals surface area contributed by atoms with Crippen LogP contribution in [0.25, 0.3) is 10.8 Å². The molecule has 30 heavy (non-hydrogen) atoms. The van der Waals surface area contributed by atoms with Gasteiger partial charge in [0, 0.05) is 13.0 Å². The second-order valence-corrected chi connectivity index (χ2v) is 7.53. The predicted molar refractivity (Wildman–Crippen MR) is 109 cm³/mol. The second-order valence-electron chi connectivity index (χ2n) is 7.53. The van der Waals surface area contributed by atoms with Crippen molar-refractivity contribution in [3.63, 3.8) is 0 Å². The number of carbonyl (C=O) groups excluding carboxylic acids is 2. The van der Waals surface area contributed by atoms with Crippen LogP contribution in [-0.2, 0) is 16.0 Å². The van der Waals surface area contributed by atoms with Crippen LogP contribution in [0.15, 0.2) is 42.5 Å². The van der Waals surface area contributed by atoms with Crippen LogP contribution in [0, 0.1) is 5.92 Å². The highest BCUT2D eigenvalue weighted by Gasteiger charge is 2.32. The fraction of sp³-hybridized carbons (Fsp3) is 0.381. The number of hydroxylamine groups is 2. The van der Waals surface area contributed by atoms with E-state index >= 15 is 0 Å². The molecule has 9 nitrogen and oxygen atoms in total. The van der Waals surface area contributed by atoms with Crippen LogP contribution in [0.3, 0.4) is 0 Å². The number of benzene rings is 2. The molecule has 2 atom stereocenters. The first kappa shape index (κ1) is 23.1. The zero-order valence-corrected chi connectivity index (χ0v) is 17.1. The minimum atomic E-state index is -1.24. The highest BCUT2D eigenvalue weighted by Crippen LogP contribution is 2.20. The summed E-state index contributed by atoms with van der Waals surface area (Å²) in [5.41, 5.74) is 0.761. The Bertz CT molecular complexity index is 909. The molecule has 4 N–H and O–H groups in total. The van der Waals surface area contributed by atoms with Gasteiger partial charge < -0.3 is 15.3 Å². The Morgan fingerprint density at radius 2 is 1.63 bits per heavy atom. The van der Waals surface area contributed by atoms with Crippen LogP contribution in [0.1, 0.15) is 26.3 Å². The third-order valence-electron chi connectivity index (χ3n) is 4.74. The Morgan fingerprint density at radius 3 is 2.23 bits per heavy atom. The summed E-state index contributed by atoms with van der Waals surface area (Å²) in [6.07, 6.45) is 0.0480. The van der Waals surface area contributed by atoms with Crippen LogP contribution in [0.5, 0.6) is 0 Å². The monoisotopic (exact) mass is 417 g/mol. The number of aliphatic carboxylic acids is 1. The van der Waals surface area contributed by atoms with E-state index in [9.17, 15) is 19.5 Å². The van der Waals surface area contributed by atoms with E-state index < -0.39 is 35.2 Å². The van der Waals surface area contributed by atoms with Crippen molar-refractivity contribution >= 4 is 28.7 Å². The van der Waals surface area contributed by atoms with E-state index in [0.29, 0.717) is 0 Å². The lowest BCUT2D eigenvalue weighted by Crippen LogP contribution is -2.55. The van der Waals surface area contributed by atoms with Crippen molar-refractivity contribution in [1.82, 2.24) is 15.4 Å². The molecule has 0 spiro atoms. The van der Waals surface area contributed by atoms with E-state index in [1.807, 2.05) is 50.2 Å². The fourth-order valence-electron chi connectivity index (χ4n) is 3.23. The Balaban J connectivity index is 2.25. The van der Waals surface area contributed by atoms with Gasteiger partial charge in [-0.2, -0.15) is 0 Å². The highest BCUT2D eigenvalue weighted by atomic mass is 16.8. The second kappa shape index (κ2) is 10.0. The Hall–Kier alpha value is -3.17. The summed E-state index contributed by atoms with van der Waals surface area (Å²) in [5.74, 6) is -2.37. The van der Waals surface area contributed by atoms with Gasteiger partial charge in [-0.3, -0.25) is 15.2 Å². The van der Waals surface area contributed by atoms with Gasteiger partial charge in [0.25, 0.3) is 5.91 Å². The molecule has 3 amide bonds. The summed E-state index contributed by atoms with van der Waals surface area (Å²) in [6.45, 7) is 5.09. The molecule has 0 unspecified atom stereocenters. The number of hydrogen-bond donors (Lipinski definition) is 4. The van der Waals surface area contributed by atoms with E-state index in [1.165, 1.54) is 6.92 Å². The number of amides is 3. The third kappa shape index (κ3) is 5.68. The highest BCUT2D eigenvalue weighted by molar-refractivity contribution is 5.89. The van der Waals surface area contributed by atoms with E-state index in [1.54, 1.807) is 6.07 Å². The van der Waals surface area contributed by atoms with Crippen molar-refractivity contribution in [3.05, 3.63) is 48.0 Å². The first-order chi connectivity index (χ1) is 14.1. The van der Waals surface area contributed by atoms with Crippen molar-refractivity contribution in [3.8, 4) is 0 Å². The van der Waals surface area contributed by atoms with Crippen molar-refractivity contribution < 1.29 is 29.9 Å². The quantitative estimate of drug-likeness (QED) is 0.386. The largest absolute Gasteiger partial charge is 0.480 e. The lowest BCUT2D eigenvalue weighted by Gasteiger charge is -2.31. The summed E-state index contributed by atoms with van der Waals surface area (Å²) in [4.78, 5) is 37.7. The molecule has 0 aliphatic rings. The molecule has 9 heteroatoms. The molecular weight excluding hydrogens is 390 g/mol. The van der Waals surface area contributed by atoms with E-state index in [0.717, 1.165) is 21.2 Å². The molecule has 2 rings (SSSR count). The molecule has 2 aromatic rings. The van der Waals surface area contributed by atoms with Gasteiger partial charge >= 0.3 is 12.0 Å². The predicted octanol–water partition coefficient (Wildman–Crippen LogP) is 2.50. The Morgan fingerprint density at radius 1 is 1.00 bits per heavy atom. The van der Waals surface area contributed by atoms with E-state index in [4.69, 9.17) is 10.4 Å². The maximum absolute atomic E-state index is 12.8. The fourth-order valence-corrected chi connectivity index (χ4v) is 3.23. The molecule has 0 aliphatic heterocycles. The van der Waals surface area contributed by atoms with Crippen molar-refractivity contribution in [1.29, 1.82) is 0 Å². The minimum absolute atomic E-state index is 0.0434. The normalized spacial score (nSPS) is 13.0. The molecule has 2 aromatic carbocycles. The molecular formula is C21H27N3O6. The standard InChI is InChI=1S/C21H27N3O6/c1-13(2)12-23(14(3)19(25)24(29)30)21(28)22-18(20(26)27)11-16-9-6-8-15-7-4-5-10-17(15)16/h4-10,13-14,18,29-30H,11-12H2,1-3H3,(H,22,28)(H,26,27)/t14-,18-/m0/s1. The summed E-state index contributed by atoms with van der Waals surface area (Å²) in [5, 5.41) is 31.4. The summed E-state index contributed by atoms with van der Waals surface area (Å²) < 4.78 is 0. The molecule has 0 saturated heterocycles. The van der Waals surface area contributed by atoms with Crippen LogP contribution >= 0.6 is 0 Å². The van der Waals surface area contributed by atoms with E-state index in [-0.39, 0.29) is 18.9 Å². The Labute approximate surface area is 174 Å². The smallest absolute Gasteiger partial charge is 0.326 e. The van der Waals surface area contributed by atoms with Gasteiger partial charge in [0.05, 0.1) is 0 Å². The third-order valence-corrected chi connectivity index (χ3v) is 4.74. The molecule has 0 saturated carbocycles. The number of urea groups is 1. The number of fused-ring (bicyclic) bond motifs is 1. The zero-order chi connectivity index (χ0) is 22.4. The molecule has 0 fully saturated rings. The maximum atomic E-state index is 12.8. The SMILES string of the molecule is CC(C)CN(C(=O)N[C@@H](Cc1cccc2ccccc12)C(=O)O)[C@@H](C)C(=O)N(O)O. The Kier molecular flexibility index (Phi) is 7.73. The number of carbonyl (C=O) groups is 3. The van der Waals surface area contributed by atoms with Gasteiger partial charge in [-0.1, -0.05) is 61.5 Å². The number of nitrogens with one attached hydrogen (secondary N) is 1. The molecule has 0 radical (unpaired) electrons. The summed E-state index contributed by atoms with van der Waals surface area (Å²) in [6, 6.07) is 9.87. The molecule has 0 aliphatic carbocycles. The van der Waals surface area contributed by atoms with Crippen LogP contribution < -0.4 is 5.32 Å². The molecule has 162 valence electrons. The van der Waals surface area contributed by atoms with Gasteiger partial charge in [-0.15, -0.1) is 0 Å². The van der Waals surface area contributed by atoms with Crippen LogP contribution in [-0.4, -0.2) is 62.2 Å². The van der Waals surface area contributed by atoms with Gasteiger partial charge in [-0.25, -0.2) is 9.59 Å². The van der Waals surface area contributed by atoms with Crippen molar-refractivity contribution in [2.24, 2.45) is 5.92 Å². The maximum Gasteiger partial charge on any atom is 0.326 e. The zero-order valence-electron chi connectivity index (χ0n) is 17.1. The molecule has 0 bridgehead atoms. The topological polar surface area (TPSA) is 130 Å². The minimum Gasteiger partial charge on any atom is -0.480 e. The lowest BCUT2D eigenvalue weighted by atomic mass is 9.99. The van der Waals surface area contributed by atoms with Crippen LogP contribution in [0.4, 0.5) is 4.79 Å². The summed E-state index contributed by atoms with van der Waals surface area (Å²) in [7, 11) is 0. The summed E-state index contributed by atoms with van der Waals surface area (Å²) >= 11 is 0. The molecule has 0 heterocycles. The number of nitrogens with zero attached hydrogens (tertiary/aromatic N) is 2. The van der Waals surface area contributed by atoms with E-state index in [2.05, 4.69) is 5.32 Å². The number of carboxylic acid groups (broad SMARTS) is 1. The lowest BCUT2D eigenvalue weighted by molar-refractivity contribution is -0.287. The van der Waals surface area contributed by atoms with Crippen molar-refractivity contribution in [2.45, 2.75) is 39.3 Å². The molecule has 0 aromatic heterocycles. The van der Waals surface area contributed by atoms with Gasteiger partial charge in [0.2, 0.25) is 0 Å². The first-order valence-electron chi connectivity index (χ1n) is 9.60. The average Bonchev–Trinajstić information content (AvgIpc) is 2.70. The first-order valence-corrected chi connectivity index (χ1v) is 9.60. The number of rotatable bonds is 8.